The topological polar surface area (TPSA) is 61.8 Å². The summed E-state index contributed by atoms with van der Waals surface area (Å²) >= 11 is 0. The molecule has 18 heavy (non-hydrogen) atoms. The van der Waals surface area contributed by atoms with Gasteiger partial charge in [0.05, 0.1) is 24.7 Å². The van der Waals surface area contributed by atoms with Gasteiger partial charge >= 0.3 is 0 Å². The van der Waals surface area contributed by atoms with Gasteiger partial charge in [0.1, 0.15) is 0 Å². The van der Waals surface area contributed by atoms with Crippen LogP contribution in [0.2, 0.25) is 0 Å². The van der Waals surface area contributed by atoms with Crippen LogP contribution in [0.25, 0.3) is 0 Å². The van der Waals surface area contributed by atoms with Crippen molar-refractivity contribution in [3.63, 3.8) is 0 Å². The maximum absolute atomic E-state index is 12.1. The van der Waals surface area contributed by atoms with Gasteiger partial charge in [0.15, 0.2) is 0 Å². The largest absolute Gasteiger partial charge is 0.387 e. The van der Waals surface area contributed by atoms with Crippen LogP contribution in [0.4, 0.5) is 0 Å². The van der Waals surface area contributed by atoms with Crippen LogP contribution in [-0.2, 0) is 9.53 Å². The summed E-state index contributed by atoms with van der Waals surface area (Å²) in [6.07, 6.45) is 4.46. The fraction of sp³-hybridized carbons (Fsp3) is 0.923. The van der Waals surface area contributed by atoms with E-state index in [0.717, 1.165) is 32.4 Å². The molecule has 0 saturated carbocycles. The number of nitrogens with one attached hydrogen (secondary N) is 1. The molecule has 2 unspecified atom stereocenters. The second-order valence-corrected chi connectivity index (χ2v) is 5.59. The molecule has 0 bridgehead atoms. The minimum atomic E-state index is -0.752. The van der Waals surface area contributed by atoms with Gasteiger partial charge < -0.3 is 20.1 Å². The van der Waals surface area contributed by atoms with E-state index >= 15 is 0 Å². The van der Waals surface area contributed by atoms with Crippen molar-refractivity contribution in [1.29, 1.82) is 0 Å². The first kappa shape index (κ1) is 13.8. The molecule has 2 heterocycles. The molecule has 2 aliphatic rings. The molecule has 2 saturated heterocycles. The van der Waals surface area contributed by atoms with Crippen molar-refractivity contribution >= 4 is 5.91 Å². The second-order valence-electron chi connectivity index (χ2n) is 5.59. The summed E-state index contributed by atoms with van der Waals surface area (Å²) in [6.45, 7) is 2.58. The number of hydrogen-bond donors (Lipinski definition) is 2. The lowest BCUT2D eigenvalue weighted by Crippen LogP contribution is -2.46. The maximum Gasteiger partial charge on any atom is 0.225 e. The number of amides is 1. The molecule has 0 aliphatic carbocycles. The van der Waals surface area contributed by atoms with Crippen molar-refractivity contribution in [3.05, 3.63) is 0 Å². The highest BCUT2D eigenvalue weighted by Gasteiger charge is 2.33. The van der Waals surface area contributed by atoms with E-state index in [9.17, 15) is 9.90 Å². The number of nitrogens with zero attached hydrogens (tertiary/aromatic N) is 1. The van der Waals surface area contributed by atoms with Crippen LogP contribution in [0, 0.1) is 0 Å². The molecule has 5 heteroatoms. The maximum atomic E-state index is 12.1. The van der Waals surface area contributed by atoms with E-state index < -0.39 is 5.60 Å². The standard InChI is InChI=1S/C13H24N2O3/c1-15(10-13(17)5-6-14-9-13)12(16)8-11-4-2-3-7-18-11/h11,14,17H,2-10H2,1H3. The van der Waals surface area contributed by atoms with Crippen LogP contribution in [0.1, 0.15) is 32.1 Å². The van der Waals surface area contributed by atoms with Gasteiger partial charge in [-0.05, 0) is 32.2 Å². The van der Waals surface area contributed by atoms with Gasteiger partial charge in [-0.1, -0.05) is 0 Å². The summed E-state index contributed by atoms with van der Waals surface area (Å²) in [6, 6.07) is 0. The van der Waals surface area contributed by atoms with Crippen LogP contribution in [0.5, 0.6) is 0 Å². The van der Waals surface area contributed by atoms with Crippen LogP contribution < -0.4 is 5.32 Å². The second kappa shape index (κ2) is 5.99. The monoisotopic (exact) mass is 256 g/mol. The predicted molar refractivity (Wildman–Crippen MR) is 68.3 cm³/mol. The van der Waals surface area contributed by atoms with E-state index in [1.54, 1.807) is 11.9 Å². The average molecular weight is 256 g/mol. The molecule has 2 rings (SSSR count). The summed E-state index contributed by atoms with van der Waals surface area (Å²) in [7, 11) is 1.77. The van der Waals surface area contributed by atoms with Crippen molar-refractivity contribution in [1.82, 2.24) is 10.2 Å². The SMILES string of the molecule is CN(CC1(O)CCNC1)C(=O)CC1CCCCO1. The lowest BCUT2D eigenvalue weighted by molar-refractivity contribution is -0.136. The molecular formula is C13H24N2O3. The molecule has 0 aromatic heterocycles. The normalized spacial score (nSPS) is 32.4. The first-order valence-corrected chi connectivity index (χ1v) is 6.88. The molecule has 0 aromatic rings. The molecule has 2 atom stereocenters. The third-order valence-corrected chi connectivity index (χ3v) is 3.85. The van der Waals surface area contributed by atoms with Crippen molar-refractivity contribution in [2.75, 3.05) is 33.3 Å². The van der Waals surface area contributed by atoms with Crippen LogP contribution in [0.15, 0.2) is 0 Å². The predicted octanol–water partition coefficient (Wildman–Crippen LogP) is 0.128. The first-order valence-electron chi connectivity index (χ1n) is 6.88. The number of hydrogen-bond acceptors (Lipinski definition) is 4. The first-order chi connectivity index (χ1) is 8.59. The Hall–Kier alpha value is -0.650. The van der Waals surface area contributed by atoms with Gasteiger partial charge in [-0.15, -0.1) is 0 Å². The van der Waals surface area contributed by atoms with E-state index in [4.69, 9.17) is 4.74 Å². The highest BCUT2D eigenvalue weighted by atomic mass is 16.5. The van der Waals surface area contributed by atoms with Crippen molar-refractivity contribution in [2.45, 2.75) is 43.8 Å². The van der Waals surface area contributed by atoms with Gasteiger partial charge in [0.2, 0.25) is 5.91 Å². The minimum absolute atomic E-state index is 0.0715. The summed E-state index contributed by atoms with van der Waals surface area (Å²) in [4.78, 5) is 13.7. The molecule has 0 aromatic carbocycles. The molecule has 2 aliphatic heterocycles. The smallest absolute Gasteiger partial charge is 0.225 e. The summed E-state index contributed by atoms with van der Waals surface area (Å²) in [5, 5.41) is 13.4. The Bertz CT molecular complexity index is 284. The summed E-state index contributed by atoms with van der Waals surface area (Å²) in [5.41, 5.74) is -0.752. The number of carbonyl (C=O) groups is 1. The zero-order valence-electron chi connectivity index (χ0n) is 11.2. The fourth-order valence-corrected chi connectivity index (χ4v) is 2.71. The Kier molecular flexibility index (Phi) is 4.59. The molecule has 2 N–H and O–H groups in total. The van der Waals surface area contributed by atoms with E-state index in [2.05, 4.69) is 5.32 Å². The van der Waals surface area contributed by atoms with E-state index in [0.29, 0.717) is 25.9 Å². The molecule has 1 amide bonds. The zero-order valence-corrected chi connectivity index (χ0v) is 11.2. The molecule has 0 spiro atoms. The number of carbonyl (C=O) groups excluding carboxylic acids is 1. The number of β-amino-alcohol motifs (C(OH)–C–C–N with tert-alkyl or cyclic N) is 1. The molecule has 104 valence electrons. The number of ether oxygens (including phenoxy) is 1. The molecule has 2 fully saturated rings. The average Bonchev–Trinajstić information content (AvgIpc) is 2.77. The quantitative estimate of drug-likeness (QED) is 0.750. The third kappa shape index (κ3) is 3.67. The Balaban J connectivity index is 1.77. The number of rotatable bonds is 4. The lowest BCUT2D eigenvalue weighted by atomic mass is 10.0. The minimum Gasteiger partial charge on any atom is -0.387 e. The summed E-state index contributed by atoms with van der Waals surface area (Å²) in [5.74, 6) is 0.0715. The third-order valence-electron chi connectivity index (χ3n) is 3.85. The van der Waals surface area contributed by atoms with Crippen LogP contribution >= 0.6 is 0 Å². The lowest BCUT2D eigenvalue weighted by Gasteiger charge is -2.30. The van der Waals surface area contributed by atoms with Crippen LogP contribution in [-0.4, -0.2) is 60.9 Å². The Morgan fingerprint density at radius 1 is 1.56 bits per heavy atom. The fourth-order valence-electron chi connectivity index (χ4n) is 2.71. The Labute approximate surface area is 108 Å². The van der Waals surface area contributed by atoms with Crippen molar-refractivity contribution < 1.29 is 14.6 Å². The Morgan fingerprint density at radius 3 is 3.00 bits per heavy atom. The molecule has 5 nitrogen and oxygen atoms in total. The highest BCUT2D eigenvalue weighted by molar-refractivity contribution is 5.76. The van der Waals surface area contributed by atoms with Crippen molar-refractivity contribution in [3.8, 4) is 0 Å². The van der Waals surface area contributed by atoms with E-state index in [-0.39, 0.29) is 12.0 Å². The molecular weight excluding hydrogens is 232 g/mol. The highest BCUT2D eigenvalue weighted by Crippen LogP contribution is 2.19. The van der Waals surface area contributed by atoms with E-state index in [1.807, 2.05) is 0 Å². The van der Waals surface area contributed by atoms with E-state index in [1.165, 1.54) is 0 Å². The van der Waals surface area contributed by atoms with Crippen molar-refractivity contribution in [2.24, 2.45) is 0 Å². The van der Waals surface area contributed by atoms with Gasteiger partial charge in [-0.3, -0.25) is 4.79 Å². The van der Waals surface area contributed by atoms with Crippen LogP contribution in [0.3, 0.4) is 0 Å². The van der Waals surface area contributed by atoms with Gasteiger partial charge in [-0.25, -0.2) is 0 Å². The summed E-state index contributed by atoms with van der Waals surface area (Å²) < 4.78 is 5.57. The van der Waals surface area contributed by atoms with Gasteiger partial charge in [0.25, 0.3) is 0 Å². The molecule has 0 radical (unpaired) electrons. The number of aliphatic hydroxyl groups is 1. The zero-order chi connectivity index (χ0) is 13.0. The van der Waals surface area contributed by atoms with Gasteiger partial charge in [0, 0.05) is 20.2 Å². The van der Waals surface area contributed by atoms with Gasteiger partial charge in [-0.2, -0.15) is 0 Å². The Morgan fingerprint density at radius 2 is 2.39 bits per heavy atom. The number of likely N-dealkylation sites (N-methyl/N-ethyl adjacent to an activating group) is 1.